The van der Waals surface area contributed by atoms with E-state index < -0.39 is 6.04 Å². The normalized spacial score (nSPS) is 14.3. The van der Waals surface area contributed by atoms with Crippen LogP contribution in [0.25, 0.3) is 10.9 Å². The summed E-state index contributed by atoms with van der Waals surface area (Å²) in [5.74, 6) is 2.05. The quantitative estimate of drug-likeness (QED) is 0.652. The molecule has 0 radical (unpaired) electrons. The number of rotatable bonds is 3. The van der Waals surface area contributed by atoms with Crippen molar-refractivity contribution in [2.24, 2.45) is 7.05 Å². The average Bonchev–Trinajstić information content (AvgIpc) is 3.27. The molecule has 0 saturated heterocycles. The van der Waals surface area contributed by atoms with E-state index in [4.69, 9.17) is 18.0 Å². The maximum absolute atomic E-state index is 13.1. The number of nitrogens with one attached hydrogen (secondary N) is 2. The van der Waals surface area contributed by atoms with Crippen LogP contribution in [0.2, 0.25) is 5.02 Å². The molecule has 29 heavy (non-hydrogen) atoms. The van der Waals surface area contributed by atoms with Crippen LogP contribution in [0.3, 0.4) is 0 Å². The number of para-hydroxylation sites is 1. The smallest absolute Gasteiger partial charge is 0.270 e. The molecule has 8 heteroatoms. The van der Waals surface area contributed by atoms with Gasteiger partial charge in [0.05, 0.1) is 28.8 Å². The van der Waals surface area contributed by atoms with Crippen molar-refractivity contribution >= 4 is 34.3 Å². The summed E-state index contributed by atoms with van der Waals surface area (Å²) >= 11 is 6.21. The van der Waals surface area contributed by atoms with E-state index in [9.17, 15) is 9.59 Å². The second kappa shape index (κ2) is 7.30. The summed E-state index contributed by atoms with van der Waals surface area (Å²) in [6, 6.07) is 6.92. The SMILES string of the molecule is C#CC(C)NC(=O)c1c2c(nn1C)CCN(C(=O)c1cc3cccc(Cl)c3[nH]1)C2. The number of aromatic amines is 1. The van der Waals surface area contributed by atoms with Crippen LogP contribution in [-0.2, 0) is 20.0 Å². The van der Waals surface area contributed by atoms with Gasteiger partial charge in [0.25, 0.3) is 11.8 Å². The Kier molecular flexibility index (Phi) is 4.81. The fourth-order valence-electron chi connectivity index (χ4n) is 3.67. The van der Waals surface area contributed by atoms with Crippen molar-refractivity contribution in [3.8, 4) is 12.3 Å². The molecule has 0 aliphatic carbocycles. The second-order valence-corrected chi connectivity index (χ2v) is 7.53. The monoisotopic (exact) mass is 409 g/mol. The molecule has 1 aliphatic heterocycles. The highest BCUT2D eigenvalue weighted by Crippen LogP contribution is 2.26. The third kappa shape index (κ3) is 3.36. The molecule has 1 aliphatic rings. The number of carbonyl (C=O) groups excluding carboxylic acids is 2. The number of terminal acetylenes is 1. The summed E-state index contributed by atoms with van der Waals surface area (Å²) in [5.41, 5.74) is 3.21. The number of fused-ring (bicyclic) bond motifs is 2. The van der Waals surface area contributed by atoms with Gasteiger partial charge in [-0.15, -0.1) is 6.42 Å². The highest BCUT2D eigenvalue weighted by Gasteiger charge is 2.30. The lowest BCUT2D eigenvalue weighted by molar-refractivity contribution is 0.0726. The summed E-state index contributed by atoms with van der Waals surface area (Å²) < 4.78 is 1.56. The molecule has 0 spiro atoms. The Morgan fingerprint density at radius 3 is 2.93 bits per heavy atom. The minimum Gasteiger partial charge on any atom is -0.349 e. The number of hydrogen-bond donors (Lipinski definition) is 2. The Balaban J connectivity index is 1.62. The van der Waals surface area contributed by atoms with Crippen LogP contribution in [0.1, 0.15) is 39.2 Å². The molecule has 2 aromatic heterocycles. The van der Waals surface area contributed by atoms with E-state index in [0.717, 1.165) is 22.2 Å². The minimum atomic E-state index is -0.398. The fourth-order valence-corrected chi connectivity index (χ4v) is 3.90. The summed E-state index contributed by atoms with van der Waals surface area (Å²) in [5, 5.41) is 8.67. The Morgan fingerprint density at radius 1 is 1.41 bits per heavy atom. The van der Waals surface area contributed by atoms with Crippen LogP contribution in [0.15, 0.2) is 24.3 Å². The zero-order chi connectivity index (χ0) is 20.7. The Labute approximate surface area is 173 Å². The maximum Gasteiger partial charge on any atom is 0.270 e. The van der Waals surface area contributed by atoms with Gasteiger partial charge in [0, 0.05) is 31.0 Å². The van der Waals surface area contributed by atoms with Crippen molar-refractivity contribution in [1.29, 1.82) is 0 Å². The number of halogens is 1. The van der Waals surface area contributed by atoms with Gasteiger partial charge in [-0.1, -0.05) is 29.7 Å². The van der Waals surface area contributed by atoms with E-state index >= 15 is 0 Å². The van der Waals surface area contributed by atoms with Crippen molar-refractivity contribution in [2.75, 3.05) is 6.54 Å². The predicted molar refractivity (Wildman–Crippen MR) is 111 cm³/mol. The Hall–Kier alpha value is -3.24. The topological polar surface area (TPSA) is 83.0 Å². The average molecular weight is 410 g/mol. The van der Waals surface area contributed by atoms with Gasteiger partial charge in [-0.25, -0.2) is 0 Å². The van der Waals surface area contributed by atoms with Gasteiger partial charge in [-0.05, 0) is 19.1 Å². The van der Waals surface area contributed by atoms with Crippen LogP contribution in [0, 0.1) is 12.3 Å². The van der Waals surface area contributed by atoms with E-state index in [2.05, 4.69) is 21.3 Å². The van der Waals surface area contributed by atoms with Gasteiger partial charge in [-0.3, -0.25) is 14.3 Å². The third-order valence-electron chi connectivity index (χ3n) is 5.13. The van der Waals surface area contributed by atoms with Crippen molar-refractivity contribution in [2.45, 2.75) is 25.9 Å². The Bertz CT molecular complexity index is 1170. The van der Waals surface area contributed by atoms with Gasteiger partial charge in [0.1, 0.15) is 11.4 Å². The summed E-state index contributed by atoms with van der Waals surface area (Å²) in [4.78, 5) is 30.6. The van der Waals surface area contributed by atoms with Gasteiger partial charge in [-0.2, -0.15) is 5.10 Å². The van der Waals surface area contributed by atoms with Crippen LogP contribution in [0.5, 0.6) is 0 Å². The number of hydrogen-bond acceptors (Lipinski definition) is 3. The minimum absolute atomic E-state index is 0.143. The number of benzene rings is 1. The van der Waals surface area contributed by atoms with Crippen molar-refractivity contribution in [3.05, 3.63) is 51.9 Å². The van der Waals surface area contributed by atoms with Gasteiger partial charge in [0.15, 0.2) is 0 Å². The van der Waals surface area contributed by atoms with E-state index in [1.54, 1.807) is 35.7 Å². The fraction of sp³-hybridized carbons (Fsp3) is 0.286. The highest BCUT2D eigenvalue weighted by molar-refractivity contribution is 6.35. The van der Waals surface area contributed by atoms with Crippen molar-refractivity contribution < 1.29 is 9.59 Å². The lowest BCUT2D eigenvalue weighted by Gasteiger charge is -2.26. The number of aryl methyl sites for hydroxylation is 1. The number of carbonyl (C=O) groups is 2. The number of H-pyrrole nitrogens is 1. The molecule has 4 rings (SSSR count). The van der Waals surface area contributed by atoms with Gasteiger partial charge < -0.3 is 15.2 Å². The molecule has 1 aromatic carbocycles. The maximum atomic E-state index is 13.1. The molecule has 2 N–H and O–H groups in total. The molecule has 1 unspecified atom stereocenters. The third-order valence-corrected chi connectivity index (χ3v) is 5.45. The standard InChI is InChI=1S/C21H20ClN5O2/c1-4-12(2)23-20(28)19-14-11-27(9-8-16(14)25-26(19)3)21(29)17-10-13-6-5-7-15(22)18(13)24-17/h1,5-7,10,12,24H,8-9,11H2,2-3H3,(H,23,28). The molecule has 7 nitrogen and oxygen atoms in total. The molecule has 0 saturated carbocycles. The largest absolute Gasteiger partial charge is 0.349 e. The molecular weight excluding hydrogens is 390 g/mol. The molecule has 0 bridgehead atoms. The zero-order valence-electron chi connectivity index (χ0n) is 16.1. The molecule has 1 atom stereocenters. The lowest BCUT2D eigenvalue weighted by atomic mass is 10.0. The summed E-state index contributed by atoms with van der Waals surface area (Å²) in [6.07, 6.45) is 5.94. The highest BCUT2D eigenvalue weighted by atomic mass is 35.5. The Morgan fingerprint density at radius 2 is 2.21 bits per heavy atom. The molecule has 0 fully saturated rings. The molecular formula is C21H20ClN5O2. The van der Waals surface area contributed by atoms with E-state index in [1.807, 2.05) is 12.1 Å². The molecule has 3 heterocycles. The van der Waals surface area contributed by atoms with Crippen molar-refractivity contribution in [1.82, 2.24) is 25.0 Å². The van der Waals surface area contributed by atoms with Gasteiger partial charge in [0.2, 0.25) is 0 Å². The number of nitrogens with zero attached hydrogens (tertiary/aromatic N) is 3. The zero-order valence-corrected chi connectivity index (χ0v) is 16.9. The lowest BCUT2D eigenvalue weighted by Crippen LogP contribution is -2.38. The first kappa shape index (κ1) is 19.1. The van der Waals surface area contributed by atoms with Crippen LogP contribution in [-0.4, -0.2) is 44.1 Å². The van der Waals surface area contributed by atoms with E-state index in [1.165, 1.54) is 0 Å². The first-order valence-electron chi connectivity index (χ1n) is 9.27. The van der Waals surface area contributed by atoms with Crippen LogP contribution < -0.4 is 5.32 Å². The predicted octanol–water partition coefficient (Wildman–Crippen LogP) is 2.50. The van der Waals surface area contributed by atoms with Crippen LogP contribution >= 0.6 is 11.6 Å². The first-order chi connectivity index (χ1) is 13.9. The molecule has 2 amide bonds. The van der Waals surface area contributed by atoms with E-state index in [-0.39, 0.29) is 11.8 Å². The van der Waals surface area contributed by atoms with E-state index in [0.29, 0.717) is 35.9 Å². The summed E-state index contributed by atoms with van der Waals surface area (Å²) in [7, 11) is 1.72. The number of amides is 2. The van der Waals surface area contributed by atoms with Gasteiger partial charge >= 0.3 is 0 Å². The van der Waals surface area contributed by atoms with Crippen LogP contribution in [0.4, 0.5) is 0 Å². The van der Waals surface area contributed by atoms with Crippen molar-refractivity contribution in [3.63, 3.8) is 0 Å². The molecule has 3 aromatic rings. The molecule has 148 valence electrons. The number of aromatic nitrogens is 3. The second-order valence-electron chi connectivity index (χ2n) is 7.12. The summed E-state index contributed by atoms with van der Waals surface area (Å²) in [6.45, 7) is 2.56. The first-order valence-corrected chi connectivity index (χ1v) is 9.65.